The predicted octanol–water partition coefficient (Wildman–Crippen LogP) is 1.09. The van der Waals surface area contributed by atoms with Gasteiger partial charge >= 0.3 is 0 Å². The topological polar surface area (TPSA) is 73.1 Å². The molecule has 1 saturated heterocycles. The van der Waals surface area contributed by atoms with E-state index in [1.165, 1.54) is 25.9 Å². The number of aromatic nitrogens is 3. The number of hydrogen-bond acceptors (Lipinski definition) is 5. The van der Waals surface area contributed by atoms with Crippen molar-refractivity contribution in [2.45, 2.75) is 25.9 Å². The van der Waals surface area contributed by atoms with Crippen molar-refractivity contribution in [3.8, 4) is 11.5 Å². The molecule has 2 N–H and O–H groups in total. The third kappa shape index (κ3) is 2.54. The van der Waals surface area contributed by atoms with Gasteiger partial charge in [0.25, 0.3) is 0 Å². The van der Waals surface area contributed by atoms with Crippen molar-refractivity contribution in [2.75, 3.05) is 19.6 Å². The highest BCUT2D eigenvalue weighted by atomic mass is 16.3. The second kappa shape index (κ2) is 5.54. The average molecular weight is 261 g/mol. The van der Waals surface area contributed by atoms with E-state index in [4.69, 9.17) is 10.2 Å². The highest BCUT2D eigenvalue weighted by Crippen LogP contribution is 2.22. The maximum Gasteiger partial charge on any atom is 0.153 e. The van der Waals surface area contributed by atoms with E-state index in [9.17, 15) is 0 Å². The van der Waals surface area contributed by atoms with Gasteiger partial charge in [0.15, 0.2) is 5.76 Å². The van der Waals surface area contributed by atoms with Crippen LogP contribution in [0.4, 0.5) is 0 Å². The van der Waals surface area contributed by atoms with Crippen LogP contribution in [0.3, 0.4) is 0 Å². The Morgan fingerprint density at radius 1 is 1.26 bits per heavy atom. The van der Waals surface area contributed by atoms with E-state index in [0.717, 1.165) is 30.2 Å². The molecule has 0 spiro atoms. The van der Waals surface area contributed by atoms with Crippen molar-refractivity contribution in [1.29, 1.82) is 0 Å². The summed E-state index contributed by atoms with van der Waals surface area (Å²) in [5.41, 5.74) is 7.42. The minimum absolute atomic E-state index is 0.375. The smallest absolute Gasteiger partial charge is 0.153 e. The Morgan fingerprint density at radius 3 is 2.79 bits per heavy atom. The molecule has 6 nitrogen and oxygen atoms in total. The summed E-state index contributed by atoms with van der Waals surface area (Å²) in [4.78, 5) is 2.45. The zero-order valence-corrected chi connectivity index (χ0v) is 11.0. The van der Waals surface area contributed by atoms with Crippen molar-refractivity contribution < 1.29 is 4.42 Å². The first kappa shape index (κ1) is 12.4. The fourth-order valence-corrected chi connectivity index (χ4v) is 2.57. The minimum atomic E-state index is 0.375. The molecule has 0 bridgehead atoms. The number of rotatable bonds is 5. The standard InChI is InChI=1S/C13H19N5O/c14-10-11-13(12-4-3-9-19-12)18(16-15-11)8-7-17-5-1-2-6-17/h3-4,9H,1-2,5-8,10,14H2. The lowest BCUT2D eigenvalue weighted by Gasteiger charge is -2.14. The summed E-state index contributed by atoms with van der Waals surface area (Å²) >= 11 is 0. The van der Waals surface area contributed by atoms with Crippen LogP contribution in [0.15, 0.2) is 22.8 Å². The van der Waals surface area contributed by atoms with Crippen molar-refractivity contribution in [2.24, 2.45) is 5.73 Å². The van der Waals surface area contributed by atoms with Crippen molar-refractivity contribution in [3.05, 3.63) is 24.1 Å². The summed E-state index contributed by atoms with van der Waals surface area (Å²) in [6.07, 6.45) is 4.26. The zero-order valence-electron chi connectivity index (χ0n) is 11.0. The molecule has 3 rings (SSSR count). The Hall–Kier alpha value is -1.66. The number of nitrogens with two attached hydrogens (primary N) is 1. The van der Waals surface area contributed by atoms with Crippen LogP contribution in [0.1, 0.15) is 18.5 Å². The van der Waals surface area contributed by atoms with Crippen LogP contribution in [0.5, 0.6) is 0 Å². The van der Waals surface area contributed by atoms with Crippen LogP contribution in [0, 0.1) is 0 Å². The molecule has 1 aliphatic rings. The van der Waals surface area contributed by atoms with Crippen molar-refractivity contribution in [1.82, 2.24) is 19.9 Å². The molecular weight excluding hydrogens is 242 g/mol. The average Bonchev–Trinajstić information content (AvgIpc) is 3.16. The normalized spacial score (nSPS) is 16.3. The van der Waals surface area contributed by atoms with Crippen molar-refractivity contribution in [3.63, 3.8) is 0 Å². The monoisotopic (exact) mass is 261 g/mol. The summed E-state index contributed by atoms with van der Waals surface area (Å²) in [7, 11) is 0. The molecule has 0 saturated carbocycles. The lowest BCUT2D eigenvalue weighted by molar-refractivity contribution is 0.314. The van der Waals surface area contributed by atoms with Gasteiger partial charge in [0.2, 0.25) is 0 Å². The first-order valence-corrected chi connectivity index (χ1v) is 6.77. The van der Waals surface area contributed by atoms with Gasteiger partial charge in [-0.15, -0.1) is 5.10 Å². The largest absolute Gasteiger partial charge is 0.463 e. The number of nitrogens with zero attached hydrogens (tertiary/aromatic N) is 4. The van der Waals surface area contributed by atoms with Gasteiger partial charge in [0.1, 0.15) is 11.4 Å². The lowest BCUT2D eigenvalue weighted by Crippen LogP contribution is -2.24. The number of furan rings is 1. The SMILES string of the molecule is NCc1nnn(CCN2CCCC2)c1-c1ccco1. The van der Waals surface area contributed by atoms with Crippen LogP contribution in [-0.4, -0.2) is 39.5 Å². The molecule has 2 aromatic heterocycles. The van der Waals surface area contributed by atoms with Gasteiger partial charge in [0.05, 0.1) is 12.8 Å². The van der Waals surface area contributed by atoms with Gasteiger partial charge in [-0.1, -0.05) is 5.21 Å². The predicted molar refractivity (Wildman–Crippen MR) is 71.3 cm³/mol. The van der Waals surface area contributed by atoms with Gasteiger partial charge in [-0.25, -0.2) is 4.68 Å². The summed E-state index contributed by atoms with van der Waals surface area (Å²) in [6, 6.07) is 3.79. The first-order valence-electron chi connectivity index (χ1n) is 6.77. The van der Waals surface area contributed by atoms with Crippen LogP contribution >= 0.6 is 0 Å². The van der Waals surface area contributed by atoms with Gasteiger partial charge in [-0.3, -0.25) is 0 Å². The molecule has 1 aliphatic heterocycles. The van der Waals surface area contributed by atoms with E-state index < -0.39 is 0 Å². The molecule has 1 fully saturated rings. The second-order valence-corrected chi connectivity index (χ2v) is 4.84. The Morgan fingerprint density at radius 2 is 2.11 bits per heavy atom. The van der Waals surface area contributed by atoms with Gasteiger partial charge in [0, 0.05) is 13.1 Å². The molecule has 0 aliphatic carbocycles. The van der Waals surface area contributed by atoms with Crippen LogP contribution in [-0.2, 0) is 13.1 Å². The molecule has 102 valence electrons. The quantitative estimate of drug-likeness (QED) is 0.872. The number of likely N-dealkylation sites (tertiary alicyclic amines) is 1. The minimum Gasteiger partial charge on any atom is -0.463 e. The molecule has 6 heteroatoms. The molecule has 3 heterocycles. The van der Waals surface area contributed by atoms with E-state index in [1.807, 2.05) is 16.8 Å². The molecule has 19 heavy (non-hydrogen) atoms. The molecule has 2 aromatic rings. The van der Waals surface area contributed by atoms with E-state index in [2.05, 4.69) is 15.2 Å². The Kier molecular flexibility index (Phi) is 3.61. The molecule has 0 unspecified atom stereocenters. The van der Waals surface area contributed by atoms with E-state index in [0.29, 0.717) is 6.54 Å². The third-order valence-corrected chi connectivity index (χ3v) is 3.58. The summed E-state index contributed by atoms with van der Waals surface area (Å²) in [6.45, 7) is 4.58. The van der Waals surface area contributed by atoms with Crippen LogP contribution < -0.4 is 5.73 Å². The van der Waals surface area contributed by atoms with E-state index in [-0.39, 0.29) is 0 Å². The Labute approximate surface area is 112 Å². The fraction of sp³-hybridized carbons (Fsp3) is 0.538. The van der Waals surface area contributed by atoms with E-state index >= 15 is 0 Å². The molecular formula is C13H19N5O. The molecule has 0 aromatic carbocycles. The summed E-state index contributed by atoms with van der Waals surface area (Å²) < 4.78 is 7.36. The zero-order chi connectivity index (χ0) is 13.1. The lowest BCUT2D eigenvalue weighted by atomic mass is 10.2. The van der Waals surface area contributed by atoms with Gasteiger partial charge in [-0.05, 0) is 38.1 Å². The van der Waals surface area contributed by atoms with Crippen LogP contribution in [0.2, 0.25) is 0 Å². The highest BCUT2D eigenvalue weighted by molar-refractivity contribution is 5.55. The molecule has 0 radical (unpaired) electrons. The first-order chi connectivity index (χ1) is 9.38. The van der Waals surface area contributed by atoms with E-state index in [1.54, 1.807) is 6.26 Å². The number of hydrogen-bond donors (Lipinski definition) is 1. The second-order valence-electron chi connectivity index (χ2n) is 4.84. The van der Waals surface area contributed by atoms with Crippen LogP contribution in [0.25, 0.3) is 11.5 Å². The molecule has 0 amide bonds. The maximum atomic E-state index is 5.72. The van der Waals surface area contributed by atoms with Gasteiger partial charge in [-0.2, -0.15) is 0 Å². The highest BCUT2D eigenvalue weighted by Gasteiger charge is 2.17. The Bertz CT molecular complexity index is 513. The summed E-state index contributed by atoms with van der Waals surface area (Å²) in [5.74, 6) is 0.784. The molecule has 0 atom stereocenters. The maximum absolute atomic E-state index is 5.72. The van der Waals surface area contributed by atoms with Crippen molar-refractivity contribution >= 4 is 0 Å². The van der Waals surface area contributed by atoms with Gasteiger partial charge < -0.3 is 15.1 Å². The summed E-state index contributed by atoms with van der Waals surface area (Å²) in [5, 5.41) is 8.35. The Balaban J connectivity index is 1.78. The third-order valence-electron chi connectivity index (χ3n) is 3.58. The fourth-order valence-electron chi connectivity index (χ4n) is 2.57.